The summed E-state index contributed by atoms with van der Waals surface area (Å²) in [5, 5.41) is 17.8. The van der Waals surface area contributed by atoms with Gasteiger partial charge in [-0.3, -0.25) is 0 Å². The highest BCUT2D eigenvalue weighted by Gasteiger charge is 2.21. The van der Waals surface area contributed by atoms with Crippen molar-refractivity contribution < 1.29 is 10.2 Å². The molecule has 1 aliphatic rings. The van der Waals surface area contributed by atoms with Crippen molar-refractivity contribution in [2.45, 2.75) is 76.7 Å². The van der Waals surface area contributed by atoms with Crippen molar-refractivity contribution in [1.29, 1.82) is 0 Å². The molecule has 98 valence electrons. The first-order valence-corrected chi connectivity index (χ1v) is 6.11. The van der Waals surface area contributed by atoms with Gasteiger partial charge in [0.2, 0.25) is 0 Å². The third-order valence-corrected chi connectivity index (χ3v) is 2.58. The highest BCUT2D eigenvalue weighted by Crippen LogP contribution is 2.20. The van der Waals surface area contributed by atoms with E-state index >= 15 is 0 Å². The fourth-order valence-electron chi connectivity index (χ4n) is 1.93. The Morgan fingerprint density at radius 2 is 1.62 bits per heavy atom. The van der Waals surface area contributed by atoms with Crippen molar-refractivity contribution >= 4 is 0 Å². The first kappa shape index (κ1) is 15.8. The van der Waals surface area contributed by atoms with Crippen LogP contribution >= 0.6 is 0 Å². The molecule has 0 heterocycles. The Balaban J connectivity index is 0.000000281. The average molecular weight is 232 g/mol. The van der Waals surface area contributed by atoms with Gasteiger partial charge in [0.15, 0.2) is 0 Å². The molecule has 0 aromatic rings. The third kappa shape index (κ3) is 10.4. The van der Waals surface area contributed by atoms with E-state index in [1.165, 1.54) is 19.3 Å². The highest BCUT2D eigenvalue weighted by atomic mass is 16.3. The van der Waals surface area contributed by atoms with Gasteiger partial charge in [-0.15, -0.1) is 0 Å². The van der Waals surface area contributed by atoms with Gasteiger partial charge >= 0.3 is 0 Å². The van der Waals surface area contributed by atoms with Crippen LogP contribution in [0.25, 0.3) is 0 Å². The maximum atomic E-state index is 9.03. The van der Waals surface area contributed by atoms with Gasteiger partial charge in [0.1, 0.15) is 0 Å². The second-order valence-corrected chi connectivity index (χ2v) is 5.66. The molecule has 0 amide bonds. The molecule has 0 aromatic carbocycles. The van der Waals surface area contributed by atoms with Gasteiger partial charge in [-0.05, 0) is 33.6 Å². The molecular weight excluding hydrogens is 204 g/mol. The van der Waals surface area contributed by atoms with E-state index in [4.69, 9.17) is 21.7 Å². The van der Waals surface area contributed by atoms with E-state index in [1.807, 2.05) is 0 Å². The Morgan fingerprint density at radius 3 is 1.75 bits per heavy atom. The van der Waals surface area contributed by atoms with Crippen LogP contribution in [0.2, 0.25) is 0 Å². The molecule has 1 unspecified atom stereocenters. The standard InChI is InChI=1S/C6H14N2.C6H14O2/c7-6(8)4-2-1-3-5-6;1-5(7)4-6(2,3)8/h1-5,7-8H2;5,7-8H,4H2,1-3H3. The quantitative estimate of drug-likeness (QED) is 0.536. The van der Waals surface area contributed by atoms with E-state index in [0.717, 1.165) is 12.8 Å². The van der Waals surface area contributed by atoms with Crippen LogP contribution in [0.1, 0.15) is 59.3 Å². The summed E-state index contributed by atoms with van der Waals surface area (Å²) in [4.78, 5) is 0. The highest BCUT2D eigenvalue weighted by molar-refractivity contribution is 4.79. The molecule has 0 aromatic heterocycles. The largest absolute Gasteiger partial charge is 0.393 e. The van der Waals surface area contributed by atoms with E-state index in [9.17, 15) is 0 Å². The van der Waals surface area contributed by atoms with Crippen molar-refractivity contribution in [2.75, 3.05) is 0 Å². The normalized spacial score (nSPS) is 21.9. The molecule has 0 radical (unpaired) electrons. The second-order valence-electron chi connectivity index (χ2n) is 5.66. The Bertz CT molecular complexity index is 178. The van der Waals surface area contributed by atoms with E-state index in [0.29, 0.717) is 6.42 Å². The summed E-state index contributed by atoms with van der Waals surface area (Å²) in [6.45, 7) is 5.03. The summed E-state index contributed by atoms with van der Waals surface area (Å²) >= 11 is 0. The number of hydrogen-bond acceptors (Lipinski definition) is 4. The molecule has 1 rings (SSSR count). The molecule has 1 saturated carbocycles. The van der Waals surface area contributed by atoms with Crippen molar-refractivity contribution in [3.63, 3.8) is 0 Å². The van der Waals surface area contributed by atoms with Crippen molar-refractivity contribution in [3.8, 4) is 0 Å². The van der Waals surface area contributed by atoms with Gasteiger partial charge in [0.25, 0.3) is 0 Å². The van der Waals surface area contributed by atoms with E-state index in [-0.39, 0.29) is 5.66 Å². The molecule has 0 bridgehead atoms. The number of nitrogens with two attached hydrogens (primary N) is 2. The molecule has 0 aliphatic heterocycles. The van der Waals surface area contributed by atoms with Gasteiger partial charge in [-0.2, -0.15) is 0 Å². The van der Waals surface area contributed by atoms with Crippen LogP contribution in [0.5, 0.6) is 0 Å². The topological polar surface area (TPSA) is 92.5 Å². The minimum absolute atomic E-state index is 0.321. The van der Waals surface area contributed by atoms with Crippen LogP contribution < -0.4 is 11.5 Å². The second kappa shape index (κ2) is 6.55. The number of aliphatic hydroxyl groups excluding tert-OH is 1. The first-order chi connectivity index (χ1) is 7.12. The fourth-order valence-corrected chi connectivity index (χ4v) is 1.93. The summed E-state index contributed by atoms with van der Waals surface area (Å²) < 4.78 is 0. The van der Waals surface area contributed by atoms with Crippen LogP contribution in [0.3, 0.4) is 0 Å². The van der Waals surface area contributed by atoms with Gasteiger partial charge < -0.3 is 21.7 Å². The molecule has 6 N–H and O–H groups in total. The van der Waals surface area contributed by atoms with Crippen LogP contribution in [0.4, 0.5) is 0 Å². The average Bonchev–Trinajstić information content (AvgIpc) is 1.99. The number of aliphatic hydroxyl groups is 2. The third-order valence-electron chi connectivity index (χ3n) is 2.58. The lowest BCUT2D eigenvalue weighted by molar-refractivity contribution is 0.0249. The molecule has 4 nitrogen and oxygen atoms in total. The van der Waals surface area contributed by atoms with Crippen LogP contribution in [-0.4, -0.2) is 27.6 Å². The van der Waals surface area contributed by atoms with E-state index in [1.54, 1.807) is 20.8 Å². The fraction of sp³-hybridized carbons (Fsp3) is 1.00. The van der Waals surface area contributed by atoms with Gasteiger partial charge in [0, 0.05) is 6.42 Å². The molecular formula is C12H28N2O2. The lowest BCUT2D eigenvalue weighted by Crippen LogP contribution is -2.50. The zero-order chi connectivity index (χ0) is 12.8. The smallest absolute Gasteiger partial charge is 0.0636 e. The van der Waals surface area contributed by atoms with Crippen LogP contribution in [-0.2, 0) is 0 Å². The lowest BCUT2D eigenvalue weighted by atomic mass is 9.91. The van der Waals surface area contributed by atoms with Crippen LogP contribution in [0, 0.1) is 0 Å². The molecule has 4 heteroatoms. The molecule has 1 aliphatic carbocycles. The maximum Gasteiger partial charge on any atom is 0.0636 e. The minimum Gasteiger partial charge on any atom is -0.393 e. The minimum atomic E-state index is -0.728. The van der Waals surface area contributed by atoms with Crippen LogP contribution in [0.15, 0.2) is 0 Å². The maximum absolute atomic E-state index is 9.03. The summed E-state index contributed by atoms with van der Waals surface area (Å²) in [7, 11) is 0. The van der Waals surface area contributed by atoms with Crippen molar-refractivity contribution in [3.05, 3.63) is 0 Å². The Morgan fingerprint density at radius 1 is 1.19 bits per heavy atom. The molecule has 1 atom stereocenters. The Kier molecular flexibility index (Phi) is 6.48. The zero-order valence-corrected chi connectivity index (χ0v) is 10.9. The Labute approximate surface area is 99.0 Å². The summed E-state index contributed by atoms with van der Waals surface area (Å²) in [6.07, 6.45) is 5.79. The monoisotopic (exact) mass is 232 g/mol. The summed E-state index contributed by atoms with van der Waals surface area (Å²) in [5.41, 5.74) is 10.3. The van der Waals surface area contributed by atoms with Crippen molar-refractivity contribution in [1.82, 2.24) is 0 Å². The molecule has 16 heavy (non-hydrogen) atoms. The molecule has 0 saturated heterocycles. The number of rotatable bonds is 2. The first-order valence-electron chi connectivity index (χ1n) is 6.11. The zero-order valence-electron chi connectivity index (χ0n) is 10.9. The molecule has 1 fully saturated rings. The predicted molar refractivity (Wildman–Crippen MR) is 66.8 cm³/mol. The molecule has 0 spiro atoms. The Hall–Kier alpha value is -0.160. The van der Waals surface area contributed by atoms with E-state index in [2.05, 4.69) is 0 Å². The van der Waals surface area contributed by atoms with Gasteiger partial charge in [0.05, 0.1) is 17.4 Å². The summed E-state index contributed by atoms with van der Waals surface area (Å²) in [5.74, 6) is 0. The van der Waals surface area contributed by atoms with E-state index < -0.39 is 11.7 Å². The van der Waals surface area contributed by atoms with Gasteiger partial charge in [-0.25, -0.2) is 0 Å². The van der Waals surface area contributed by atoms with Crippen molar-refractivity contribution in [2.24, 2.45) is 11.5 Å². The predicted octanol–water partition coefficient (Wildman–Crippen LogP) is 1.09. The number of hydrogen-bond donors (Lipinski definition) is 4. The SMILES string of the molecule is CC(O)CC(C)(C)O.NC1(N)CCCCC1. The summed E-state index contributed by atoms with van der Waals surface area (Å²) in [6, 6.07) is 0. The van der Waals surface area contributed by atoms with Gasteiger partial charge in [-0.1, -0.05) is 19.3 Å². The lowest BCUT2D eigenvalue weighted by Gasteiger charge is -2.28.